The third kappa shape index (κ3) is 3.24. The summed E-state index contributed by atoms with van der Waals surface area (Å²) < 4.78 is 52.1. The molecule has 0 aliphatic heterocycles. The highest BCUT2D eigenvalue weighted by Crippen LogP contribution is 2.35. The van der Waals surface area contributed by atoms with Crippen LogP contribution < -0.4 is 5.32 Å². The van der Waals surface area contributed by atoms with Crippen LogP contribution in [0.1, 0.15) is 17.0 Å². The second kappa shape index (κ2) is 6.11. The molecule has 0 aliphatic carbocycles. The molecule has 0 amide bonds. The number of halogens is 4. The number of hydrogen-bond donors (Lipinski definition) is 2. The molecule has 11 heteroatoms. The molecule has 0 atom stereocenters. The van der Waals surface area contributed by atoms with Crippen molar-refractivity contribution in [1.29, 1.82) is 10.5 Å². The lowest BCUT2D eigenvalue weighted by molar-refractivity contribution is -0.139. The Hall–Kier alpha value is -3.47. The number of tetrazole rings is 1. The molecule has 0 bridgehead atoms. The van der Waals surface area contributed by atoms with Gasteiger partial charge in [-0.15, -0.1) is 10.2 Å². The molecule has 0 saturated carbocycles. The van der Waals surface area contributed by atoms with E-state index in [0.717, 1.165) is 12.3 Å². The summed E-state index contributed by atoms with van der Waals surface area (Å²) in [4.78, 5) is 0. The summed E-state index contributed by atoms with van der Waals surface area (Å²) in [5.41, 5.74) is -2.83. The van der Waals surface area contributed by atoms with Crippen molar-refractivity contribution in [3.05, 3.63) is 41.1 Å². The fourth-order valence-electron chi connectivity index (χ4n) is 1.60. The number of alkyl halides is 3. The highest BCUT2D eigenvalue weighted by Gasteiger charge is 2.35. The molecule has 23 heavy (non-hydrogen) atoms. The molecule has 1 heterocycles. The van der Waals surface area contributed by atoms with Gasteiger partial charge in [0.2, 0.25) is 5.82 Å². The summed E-state index contributed by atoms with van der Waals surface area (Å²) in [6, 6.07) is 4.51. The molecule has 0 aliphatic rings. The maximum Gasteiger partial charge on any atom is 0.419 e. The molecule has 2 aromatic rings. The van der Waals surface area contributed by atoms with Crippen LogP contribution in [0.5, 0.6) is 0 Å². The SMILES string of the molecule is N#CC(=CNc1c(C#N)ccc(C(F)(F)F)c1F)c1nn[nH]n1. The second-order valence-electron chi connectivity index (χ2n) is 4.01. The molecule has 2 N–H and O–H groups in total. The highest BCUT2D eigenvalue weighted by molar-refractivity contribution is 5.75. The lowest BCUT2D eigenvalue weighted by Gasteiger charge is -2.12. The fourth-order valence-corrected chi connectivity index (χ4v) is 1.60. The van der Waals surface area contributed by atoms with Gasteiger partial charge in [0.1, 0.15) is 17.7 Å². The molecular formula is C12H5F4N7. The second-order valence-corrected chi connectivity index (χ2v) is 4.01. The Kier molecular flexibility index (Phi) is 4.23. The van der Waals surface area contributed by atoms with Crippen LogP contribution in [0.25, 0.3) is 5.57 Å². The first-order valence-electron chi connectivity index (χ1n) is 5.79. The molecule has 0 fully saturated rings. The van der Waals surface area contributed by atoms with E-state index >= 15 is 0 Å². The molecule has 2 rings (SSSR count). The van der Waals surface area contributed by atoms with Crippen molar-refractivity contribution < 1.29 is 17.6 Å². The molecule has 0 radical (unpaired) electrons. The summed E-state index contributed by atoms with van der Waals surface area (Å²) in [6.45, 7) is 0. The number of anilines is 1. The van der Waals surface area contributed by atoms with Crippen LogP contribution in [0.2, 0.25) is 0 Å². The number of allylic oxidation sites excluding steroid dienone is 1. The monoisotopic (exact) mass is 323 g/mol. The van der Waals surface area contributed by atoms with Crippen LogP contribution in [0, 0.1) is 28.5 Å². The third-order valence-corrected chi connectivity index (χ3v) is 2.64. The quantitative estimate of drug-likeness (QED) is 0.661. The number of nitrogens with one attached hydrogen (secondary N) is 2. The summed E-state index contributed by atoms with van der Waals surface area (Å²) in [5, 5.41) is 32.3. The number of H-pyrrole nitrogens is 1. The zero-order chi connectivity index (χ0) is 17.0. The van der Waals surface area contributed by atoms with E-state index in [1.165, 1.54) is 0 Å². The topological polar surface area (TPSA) is 114 Å². The lowest BCUT2D eigenvalue weighted by atomic mass is 10.1. The predicted molar refractivity (Wildman–Crippen MR) is 67.5 cm³/mol. The van der Waals surface area contributed by atoms with Gasteiger partial charge >= 0.3 is 6.18 Å². The van der Waals surface area contributed by atoms with Gasteiger partial charge in [-0.3, -0.25) is 0 Å². The Balaban J connectivity index is 2.47. The predicted octanol–water partition coefficient (Wildman–Crippen LogP) is 2.21. The highest BCUT2D eigenvalue weighted by atomic mass is 19.4. The smallest absolute Gasteiger partial charge is 0.357 e. The lowest BCUT2D eigenvalue weighted by Crippen LogP contribution is -2.11. The average molecular weight is 323 g/mol. The minimum absolute atomic E-state index is 0.147. The maximum atomic E-state index is 14.0. The van der Waals surface area contributed by atoms with E-state index in [1.807, 2.05) is 0 Å². The molecule has 1 aromatic heterocycles. The van der Waals surface area contributed by atoms with Crippen molar-refractivity contribution in [2.24, 2.45) is 0 Å². The molecule has 1 aromatic carbocycles. The van der Waals surface area contributed by atoms with Crippen LogP contribution in [0.15, 0.2) is 18.3 Å². The standard InChI is InChI=1S/C12H5F4N7/c13-9-8(12(14,15)16)2-1-6(3-17)10(9)19-5-7(4-18)11-20-22-23-21-11/h1-2,5,19H,(H,20,21,22,23). The van der Waals surface area contributed by atoms with Gasteiger partial charge in [-0.2, -0.15) is 28.9 Å². The summed E-state index contributed by atoms with van der Waals surface area (Å²) in [5.74, 6) is -1.80. The summed E-state index contributed by atoms with van der Waals surface area (Å²) >= 11 is 0. The minimum Gasteiger partial charge on any atom is -0.357 e. The summed E-state index contributed by atoms with van der Waals surface area (Å²) in [6.07, 6.45) is -4.05. The van der Waals surface area contributed by atoms with Gasteiger partial charge in [-0.1, -0.05) is 0 Å². The Labute approximate surface area is 125 Å². The van der Waals surface area contributed by atoms with Crippen molar-refractivity contribution in [1.82, 2.24) is 20.6 Å². The van der Waals surface area contributed by atoms with Gasteiger partial charge in [-0.25, -0.2) is 4.39 Å². The van der Waals surface area contributed by atoms with Crippen LogP contribution >= 0.6 is 0 Å². The van der Waals surface area contributed by atoms with E-state index in [9.17, 15) is 17.6 Å². The minimum atomic E-state index is -4.93. The molecular weight excluding hydrogens is 318 g/mol. The zero-order valence-electron chi connectivity index (χ0n) is 11.0. The van der Waals surface area contributed by atoms with E-state index in [1.54, 1.807) is 12.1 Å². The van der Waals surface area contributed by atoms with Gasteiger partial charge in [0, 0.05) is 6.20 Å². The number of nitrogens with zero attached hydrogens (tertiary/aromatic N) is 5. The van der Waals surface area contributed by atoms with Gasteiger partial charge in [0.05, 0.1) is 16.8 Å². The fraction of sp³-hybridized carbons (Fsp3) is 0.0833. The molecule has 0 spiro atoms. The van der Waals surface area contributed by atoms with Crippen LogP contribution in [-0.4, -0.2) is 20.6 Å². The first-order valence-corrected chi connectivity index (χ1v) is 5.79. The first kappa shape index (κ1) is 15.9. The van der Waals surface area contributed by atoms with Crippen molar-refractivity contribution >= 4 is 11.3 Å². The number of hydrogen-bond acceptors (Lipinski definition) is 6. The number of rotatable bonds is 3. The summed E-state index contributed by atoms with van der Waals surface area (Å²) in [7, 11) is 0. The van der Waals surface area contributed by atoms with Crippen LogP contribution in [0.3, 0.4) is 0 Å². The number of aromatic amines is 1. The Bertz CT molecular complexity index is 825. The number of aromatic nitrogens is 4. The van der Waals surface area contributed by atoms with Gasteiger partial charge in [0.15, 0.2) is 5.82 Å². The zero-order valence-corrected chi connectivity index (χ0v) is 11.0. The van der Waals surface area contributed by atoms with Crippen molar-refractivity contribution in [2.75, 3.05) is 5.32 Å². The Morgan fingerprint density at radius 3 is 2.57 bits per heavy atom. The number of nitriles is 2. The van der Waals surface area contributed by atoms with Crippen molar-refractivity contribution in [3.63, 3.8) is 0 Å². The van der Waals surface area contributed by atoms with E-state index in [-0.39, 0.29) is 17.0 Å². The van der Waals surface area contributed by atoms with Crippen molar-refractivity contribution in [2.45, 2.75) is 6.18 Å². The van der Waals surface area contributed by atoms with E-state index in [0.29, 0.717) is 6.07 Å². The Morgan fingerprint density at radius 1 is 1.30 bits per heavy atom. The van der Waals surface area contributed by atoms with Crippen LogP contribution in [0.4, 0.5) is 23.2 Å². The van der Waals surface area contributed by atoms with E-state index in [4.69, 9.17) is 10.5 Å². The van der Waals surface area contributed by atoms with Gasteiger partial charge < -0.3 is 5.32 Å². The van der Waals surface area contributed by atoms with Gasteiger partial charge in [0.25, 0.3) is 0 Å². The molecule has 7 nitrogen and oxygen atoms in total. The average Bonchev–Trinajstić information content (AvgIpc) is 3.02. The van der Waals surface area contributed by atoms with E-state index in [2.05, 4.69) is 25.9 Å². The largest absolute Gasteiger partial charge is 0.419 e. The third-order valence-electron chi connectivity index (χ3n) is 2.64. The number of benzene rings is 1. The van der Waals surface area contributed by atoms with Gasteiger partial charge in [-0.05, 0) is 17.3 Å². The molecule has 116 valence electrons. The van der Waals surface area contributed by atoms with Crippen LogP contribution in [-0.2, 0) is 6.18 Å². The van der Waals surface area contributed by atoms with E-state index < -0.39 is 23.2 Å². The maximum absolute atomic E-state index is 14.0. The molecule has 0 saturated heterocycles. The first-order chi connectivity index (χ1) is 10.9. The normalized spacial score (nSPS) is 11.7. The molecule has 0 unspecified atom stereocenters. The Morgan fingerprint density at radius 2 is 2.04 bits per heavy atom. The van der Waals surface area contributed by atoms with Crippen molar-refractivity contribution in [3.8, 4) is 12.1 Å².